The van der Waals surface area contributed by atoms with Crippen LogP contribution in [0.15, 0.2) is 30.7 Å². The number of carbonyl (C=O) groups excluding carboxylic acids is 1. The fraction of sp³-hybridized carbons (Fsp3) is 0.357. The van der Waals surface area contributed by atoms with Crippen LogP contribution in [0.25, 0.3) is 5.82 Å². The summed E-state index contributed by atoms with van der Waals surface area (Å²) in [5, 5.41) is 2.79. The van der Waals surface area contributed by atoms with Crippen molar-refractivity contribution in [2.24, 2.45) is 5.92 Å². The molecule has 1 aliphatic heterocycles. The number of pyridine rings is 1. The predicted octanol–water partition coefficient (Wildman–Crippen LogP) is 0.949. The zero-order chi connectivity index (χ0) is 15.7. The molecule has 2 aromatic heterocycles. The molecule has 0 aliphatic carbocycles. The highest BCUT2D eigenvalue weighted by Gasteiger charge is 2.33. The van der Waals surface area contributed by atoms with E-state index in [-0.39, 0.29) is 17.4 Å². The summed E-state index contributed by atoms with van der Waals surface area (Å²) in [5.74, 6) is 0.517. The molecule has 1 atom stereocenters. The smallest absolute Gasteiger partial charge is 0.228 e. The van der Waals surface area contributed by atoms with E-state index in [2.05, 4.69) is 15.3 Å². The first-order valence-electron chi connectivity index (χ1n) is 6.93. The van der Waals surface area contributed by atoms with Crippen LogP contribution in [0.2, 0.25) is 0 Å². The largest absolute Gasteiger partial charge is 0.323 e. The van der Waals surface area contributed by atoms with Crippen molar-refractivity contribution in [3.63, 3.8) is 0 Å². The Hall–Kier alpha value is -2.22. The van der Waals surface area contributed by atoms with Crippen molar-refractivity contribution in [3.8, 4) is 5.82 Å². The number of aromatic nitrogens is 3. The van der Waals surface area contributed by atoms with E-state index in [1.165, 1.54) is 0 Å². The molecule has 3 rings (SSSR count). The molecule has 0 saturated carbocycles. The van der Waals surface area contributed by atoms with Crippen molar-refractivity contribution in [1.29, 1.82) is 0 Å². The van der Waals surface area contributed by atoms with Gasteiger partial charge in [-0.1, -0.05) is 0 Å². The lowest BCUT2D eigenvalue weighted by Gasteiger charge is -2.13. The lowest BCUT2D eigenvalue weighted by molar-refractivity contribution is -0.119. The molecule has 7 nitrogen and oxygen atoms in total. The van der Waals surface area contributed by atoms with E-state index in [0.29, 0.717) is 17.9 Å². The summed E-state index contributed by atoms with van der Waals surface area (Å²) in [5.41, 5.74) is 0.540. The van der Waals surface area contributed by atoms with E-state index < -0.39 is 15.8 Å². The van der Waals surface area contributed by atoms with Crippen LogP contribution in [-0.2, 0) is 14.6 Å². The molecular formula is C14H16N4O3S. The Kier molecular flexibility index (Phi) is 3.69. The Balaban J connectivity index is 1.85. The molecule has 8 heteroatoms. The summed E-state index contributed by atoms with van der Waals surface area (Å²) < 4.78 is 24.7. The van der Waals surface area contributed by atoms with Crippen LogP contribution in [0.3, 0.4) is 0 Å². The molecule has 0 radical (unpaired) electrons. The number of aryl methyl sites for hydroxylation is 1. The minimum Gasteiger partial charge on any atom is -0.323 e. The van der Waals surface area contributed by atoms with Gasteiger partial charge in [0.05, 0.1) is 23.1 Å². The second-order valence-electron chi connectivity index (χ2n) is 5.31. The number of nitrogens with one attached hydrogen (secondary N) is 1. The molecule has 0 spiro atoms. The average Bonchev–Trinajstić information content (AvgIpc) is 3.05. The number of hydrogen-bond acceptors (Lipinski definition) is 5. The zero-order valence-electron chi connectivity index (χ0n) is 12.1. The summed E-state index contributed by atoms with van der Waals surface area (Å²) in [4.78, 5) is 20.7. The van der Waals surface area contributed by atoms with E-state index in [9.17, 15) is 13.2 Å². The van der Waals surface area contributed by atoms with Gasteiger partial charge in [0, 0.05) is 18.6 Å². The van der Waals surface area contributed by atoms with Crippen LogP contribution < -0.4 is 5.32 Å². The first-order chi connectivity index (χ1) is 10.5. The minimum absolute atomic E-state index is 0.0750. The molecule has 2 aromatic rings. The second-order valence-corrected chi connectivity index (χ2v) is 7.54. The van der Waals surface area contributed by atoms with Crippen LogP contribution in [0.1, 0.15) is 12.2 Å². The van der Waals surface area contributed by atoms with E-state index in [0.717, 1.165) is 5.82 Å². The Labute approximate surface area is 128 Å². The number of amides is 1. The topological polar surface area (TPSA) is 93.9 Å². The molecule has 0 unspecified atom stereocenters. The summed E-state index contributed by atoms with van der Waals surface area (Å²) in [7, 11) is -3.08. The molecule has 22 heavy (non-hydrogen) atoms. The van der Waals surface area contributed by atoms with Crippen molar-refractivity contribution in [2.45, 2.75) is 13.3 Å². The normalized spacial score (nSPS) is 20.0. The first kappa shape index (κ1) is 14.7. The van der Waals surface area contributed by atoms with Gasteiger partial charge in [0.15, 0.2) is 15.7 Å². The SMILES string of the molecule is Cc1nccn1-c1ncccc1NC(=O)[C@H]1CCS(=O)(=O)C1. The maximum absolute atomic E-state index is 12.3. The van der Waals surface area contributed by atoms with Gasteiger partial charge >= 0.3 is 0 Å². The highest BCUT2D eigenvalue weighted by Crippen LogP contribution is 2.23. The van der Waals surface area contributed by atoms with Crippen molar-refractivity contribution in [1.82, 2.24) is 14.5 Å². The lowest BCUT2D eigenvalue weighted by atomic mass is 10.1. The molecule has 1 saturated heterocycles. The van der Waals surface area contributed by atoms with Gasteiger partial charge in [0.1, 0.15) is 5.82 Å². The number of imidazole rings is 1. The van der Waals surface area contributed by atoms with Crippen molar-refractivity contribution in [3.05, 3.63) is 36.5 Å². The van der Waals surface area contributed by atoms with Crippen molar-refractivity contribution >= 4 is 21.4 Å². The fourth-order valence-corrected chi connectivity index (χ4v) is 4.27. The van der Waals surface area contributed by atoms with Gasteiger partial charge in [0.25, 0.3) is 0 Å². The van der Waals surface area contributed by atoms with E-state index in [1.54, 1.807) is 35.3 Å². The molecule has 1 fully saturated rings. The van der Waals surface area contributed by atoms with Crippen LogP contribution in [0.5, 0.6) is 0 Å². The maximum Gasteiger partial charge on any atom is 0.228 e. The second kappa shape index (κ2) is 5.53. The number of rotatable bonds is 3. The Bertz CT molecular complexity index is 813. The number of nitrogens with zero attached hydrogens (tertiary/aromatic N) is 3. The monoisotopic (exact) mass is 320 g/mol. The summed E-state index contributed by atoms with van der Waals surface area (Å²) in [6, 6.07) is 3.46. The summed E-state index contributed by atoms with van der Waals surface area (Å²) in [6.45, 7) is 1.84. The van der Waals surface area contributed by atoms with Gasteiger partial charge in [-0.05, 0) is 25.5 Å². The van der Waals surface area contributed by atoms with Gasteiger partial charge in [0.2, 0.25) is 5.91 Å². The van der Waals surface area contributed by atoms with Crippen LogP contribution in [-0.4, -0.2) is 40.4 Å². The van der Waals surface area contributed by atoms with Gasteiger partial charge in [-0.2, -0.15) is 0 Å². The molecule has 0 aromatic carbocycles. The van der Waals surface area contributed by atoms with Crippen LogP contribution in [0, 0.1) is 12.8 Å². The number of anilines is 1. The molecule has 3 heterocycles. The number of sulfone groups is 1. The molecule has 1 aliphatic rings. The molecule has 1 amide bonds. The van der Waals surface area contributed by atoms with Crippen molar-refractivity contribution < 1.29 is 13.2 Å². The number of carbonyl (C=O) groups is 1. The zero-order valence-corrected chi connectivity index (χ0v) is 12.9. The van der Waals surface area contributed by atoms with E-state index >= 15 is 0 Å². The van der Waals surface area contributed by atoms with Gasteiger partial charge in [-0.25, -0.2) is 18.4 Å². The highest BCUT2D eigenvalue weighted by atomic mass is 32.2. The summed E-state index contributed by atoms with van der Waals surface area (Å²) >= 11 is 0. The Morgan fingerprint density at radius 1 is 1.36 bits per heavy atom. The third kappa shape index (κ3) is 2.87. The third-order valence-corrected chi connectivity index (χ3v) is 5.47. The molecule has 0 bridgehead atoms. The van der Waals surface area contributed by atoms with E-state index in [1.807, 2.05) is 6.92 Å². The standard InChI is InChI=1S/C14H16N4O3S/c1-10-15-6-7-18(10)13-12(3-2-5-16-13)17-14(19)11-4-8-22(20,21)9-11/h2-3,5-7,11H,4,8-9H2,1H3,(H,17,19)/t11-/m0/s1. The van der Waals surface area contributed by atoms with Crippen molar-refractivity contribution in [2.75, 3.05) is 16.8 Å². The highest BCUT2D eigenvalue weighted by molar-refractivity contribution is 7.91. The fourth-order valence-electron chi connectivity index (χ4n) is 2.52. The van der Waals surface area contributed by atoms with E-state index in [4.69, 9.17) is 0 Å². The number of hydrogen-bond donors (Lipinski definition) is 1. The Morgan fingerprint density at radius 2 is 2.18 bits per heavy atom. The average molecular weight is 320 g/mol. The summed E-state index contributed by atoms with van der Waals surface area (Å²) in [6.07, 6.45) is 5.41. The predicted molar refractivity (Wildman–Crippen MR) is 81.5 cm³/mol. The first-order valence-corrected chi connectivity index (χ1v) is 8.75. The lowest BCUT2D eigenvalue weighted by Crippen LogP contribution is -2.24. The van der Waals surface area contributed by atoms with Crippen LogP contribution >= 0.6 is 0 Å². The third-order valence-electron chi connectivity index (χ3n) is 3.70. The quantitative estimate of drug-likeness (QED) is 0.908. The maximum atomic E-state index is 12.3. The molecule has 1 N–H and O–H groups in total. The minimum atomic E-state index is -3.08. The van der Waals surface area contributed by atoms with Crippen LogP contribution in [0.4, 0.5) is 5.69 Å². The molecule has 116 valence electrons. The van der Waals surface area contributed by atoms with Gasteiger partial charge < -0.3 is 5.32 Å². The molecular weight excluding hydrogens is 304 g/mol. The van der Waals surface area contributed by atoms with Gasteiger partial charge in [-0.3, -0.25) is 9.36 Å². The Morgan fingerprint density at radius 3 is 2.82 bits per heavy atom. The van der Waals surface area contributed by atoms with Gasteiger partial charge in [-0.15, -0.1) is 0 Å².